The van der Waals surface area contributed by atoms with E-state index in [0.717, 1.165) is 12.8 Å². The topological polar surface area (TPSA) is 40.1 Å². The summed E-state index contributed by atoms with van der Waals surface area (Å²) in [4.78, 5) is 10.1. The maximum Gasteiger partial charge on any atom is 0.0414 e. The van der Waals surface area contributed by atoms with E-state index in [1.807, 2.05) is 0 Å². The van der Waals surface area contributed by atoms with E-state index in [-0.39, 0.29) is 6.42 Å². The molecule has 16 heavy (non-hydrogen) atoms. The number of carboxylic acids is 1. The second kappa shape index (κ2) is 12.3. The average Bonchev–Trinajstić information content (AvgIpc) is 2.25. The van der Waals surface area contributed by atoms with Crippen molar-refractivity contribution in [3.05, 3.63) is 12.2 Å². The van der Waals surface area contributed by atoms with Gasteiger partial charge in [-0.25, -0.2) is 0 Å². The van der Waals surface area contributed by atoms with Crippen LogP contribution in [-0.2, 0) is 4.79 Å². The molecule has 0 aliphatic rings. The number of carboxylic acid groups (broad SMARTS) is 1. The summed E-state index contributed by atoms with van der Waals surface area (Å²) in [5, 5.41) is 10.1. The lowest BCUT2D eigenvalue weighted by atomic mass is 10.1. The van der Waals surface area contributed by atoms with Gasteiger partial charge in [0.15, 0.2) is 0 Å². The molecule has 0 saturated heterocycles. The van der Waals surface area contributed by atoms with Gasteiger partial charge in [0.2, 0.25) is 0 Å². The van der Waals surface area contributed by atoms with Crippen molar-refractivity contribution in [2.75, 3.05) is 0 Å². The number of unbranched alkanes of at least 4 members (excludes halogenated alkanes) is 7. The minimum atomic E-state index is -0.940. The first-order valence-electron chi connectivity index (χ1n) is 6.62. The highest BCUT2D eigenvalue weighted by atomic mass is 16.4. The molecule has 0 unspecified atom stereocenters. The number of carbonyl (C=O) groups excluding carboxylic acids is 1. The Balaban J connectivity index is 3.06. The number of rotatable bonds is 11. The van der Waals surface area contributed by atoms with E-state index in [2.05, 4.69) is 19.1 Å². The van der Waals surface area contributed by atoms with E-state index in [1.165, 1.54) is 38.5 Å². The Morgan fingerprint density at radius 2 is 1.50 bits per heavy atom. The van der Waals surface area contributed by atoms with Crippen LogP contribution in [0.2, 0.25) is 0 Å². The van der Waals surface area contributed by atoms with Crippen LogP contribution < -0.4 is 5.11 Å². The highest BCUT2D eigenvalue weighted by molar-refractivity contribution is 5.64. The highest BCUT2D eigenvalue weighted by Crippen LogP contribution is 2.07. The lowest BCUT2D eigenvalue weighted by Gasteiger charge is -1.99. The molecule has 0 N–H and O–H groups in total. The van der Waals surface area contributed by atoms with Crippen LogP contribution in [0.15, 0.2) is 12.2 Å². The van der Waals surface area contributed by atoms with Gasteiger partial charge < -0.3 is 9.90 Å². The van der Waals surface area contributed by atoms with Gasteiger partial charge in [0.25, 0.3) is 0 Å². The van der Waals surface area contributed by atoms with Crippen LogP contribution in [0.25, 0.3) is 0 Å². The first-order chi connectivity index (χ1) is 7.77. The predicted octanol–water partition coefficient (Wildman–Crippen LogP) is 3.21. The molecular weight excluding hydrogens is 200 g/mol. The monoisotopic (exact) mass is 225 g/mol. The van der Waals surface area contributed by atoms with Crippen LogP contribution in [0.5, 0.6) is 0 Å². The van der Waals surface area contributed by atoms with Crippen LogP contribution in [0.3, 0.4) is 0 Å². The van der Waals surface area contributed by atoms with E-state index in [1.54, 1.807) is 0 Å². The van der Waals surface area contributed by atoms with E-state index in [9.17, 15) is 9.90 Å². The maximum atomic E-state index is 10.1. The Morgan fingerprint density at radius 1 is 0.938 bits per heavy atom. The summed E-state index contributed by atoms with van der Waals surface area (Å²) in [7, 11) is 0. The molecule has 0 heterocycles. The molecule has 2 heteroatoms. The van der Waals surface area contributed by atoms with Gasteiger partial charge in [0.1, 0.15) is 0 Å². The number of carbonyl (C=O) groups is 1. The predicted molar refractivity (Wildman–Crippen MR) is 66.0 cm³/mol. The van der Waals surface area contributed by atoms with Crippen molar-refractivity contribution in [2.45, 2.75) is 71.1 Å². The second-order valence-electron chi connectivity index (χ2n) is 4.29. The molecule has 0 aliphatic heterocycles. The van der Waals surface area contributed by atoms with Gasteiger partial charge in [0, 0.05) is 5.97 Å². The van der Waals surface area contributed by atoms with Crippen LogP contribution >= 0.6 is 0 Å². The van der Waals surface area contributed by atoms with Crippen molar-refractivity contribution in [1.82, 2.24) is 0 Å². The fraction of sp³-hybridized carbons (Fsp3) is 0.786. The number of hydrogen-bond donors (Lipinski definition) is 0. The lowest BCUT2D eigenvalue weighted by molar-refractivity contribution is -0.305. The van der Waals surface area contributed by atoms with Crippen molar-refractivity contribution >= 4 is 5.97 Å². The lowest BCUT2D eigenvalue weighted by Crippen LogP contribution is -2.21. The first-order valence-corrected chi connectivity index (χ1v) is 6.62. The van der Waals surface area contributed by atoms with Gasteiger partial charge in [-0.2, -0.15) is 0 Å². The third kappa shape index (κ3) is 13.2. The minimum Gasteiger partial charge on any atom is -0.550 e. The molecule has 0 rings (SSSR count). The molecule has 0 aliphatic carbocycles. The van der Waals surface area contributed by atoms with Crippen LogP contribution in [0.4, 0.5) is 0 Å². The molecule has 2 nitrogen and oxygen atoms in total. The molecule has 0 atom stereocenters. The van der Waals surface area contributed by atoms with Gasteiger partial charge in [-0.1, -0.05) is 51.2 Å². The Labute approximate surface area is 99.7 Å². The van der Waals surface area contributed by atoms with E-state index >= 15 is 0 Å². The molecule has 0 spiro atoms. The smallest absolute Gasteiger partial charge is 0.0414 e. The van der Waals surface area contributed by atoms with E-state index < -0.39 is 5.97 Å². The molecule has 0 saturated carbocycles. The molecule has 0 amide bonds. The van der Waals surface area contributed by atoms with Crippen molar-refractivity contribution < 1.29 is 9.90 Å². The van der Waals surface area contributed by atoms with Gasteiger partial charge in [-0.15, -0.1) is 0 Å². The van der Waals surface area contributed by atoms with Crippen LogP contribution in [0, 0.1) is 0 Å². The third-order valence-electron chi connectivity index (χ3n) is 2.64. The summed E-state index contributed by atoms with van der Waals surface area (Å²) >= 11 is 0. The second-order valence-corrected chi connectivity index (χ2v) is 4.29. The van der Waals surface area contributed by atoms with E-state index in [4.69, 9.17) is 0 Å². The van der Waals surface area contributed by atoms with Gasteiger partial charge in [0.05, 0.1) is 0 Å². The Morgan fingerprint density at radius 3 is 2.12 bits per heavy atom. The van der Waals surface area contributed by atoms with Crippen molar-refractivity contribution in [2.24, 2.45) is 0 Å². The summed E-state index contributed by atoms with van der Waals surface area (Å²) in [6.45, 7) is 2.23. The normalized spacial score (nSPS) is 11.1. The van der Waals surface area contributed by atoms with Gasteiger partial charge >= 0.3 is 0 Å². The zero-order valence-electron chi connectivity index (χ0n) is 10.5. The quantitative estimate of drug-likeness (QED) is 0.400. The van der Waals surface area contributed by atoms with Gasteiger partial charge in [-0.05, 0) is 32.1 Å². The molecule has 0 radical (unpaired) electrons. The Kier molecular flexibility index (Phi) is 11.7. The molecule has 0 aromatic carbocycles. The molecule has 0 aromatic heterocycles. The fourth-order valence-electron chi connectivity index (χ4n) is 1.64. The van der Waals surface area contributed by atoms with Crippen molar-refractivity contribution in [1.29, 1.82) is 0 Å². The highest BCUT2D eigenvalue weighted by Gasteiger charge is 1.88. The fourth-order valence-corrected chi connectivity index (χ4v) is 1.64. The molecule has 0 fully saturated rings. The average molecular weight is 225 g/mol. The van der Waals surface area contributed by atoms with Crippen LogP contribution in [0.1, 0.15) is 71.1 Å². The number of allylic oxidation sites excluding steroid dienone is 2. The zero-order chi connectivity index (χ0) is 12.1. The SMILES string of the molecule is CCCCCCCC/C=C\CCCC(=O)[O-]. The van der Waals surface area contributed by atoms with Crippen molar-refractivity contribution in [3.63, 3.8) is 0 Å². The first kappa shape index (κ1) is 15.2. The summed E-state index contributed by atoms with van der Waals surface area (Å²) in [6.07, 6.45) is 15.1. The summed E-state index contributed by atoms with van der Waals surface area (Å²) in [6, 6.07) is 0. The molecule has 0 bridgehead atoms. The Bertz CT molecular complexity index is 185. The summed E-state index contributed by atoms with van der Waals surface area (Å²) in [5.74, 6) is -0.940. The summed E-state index contributed by atoms with van der Waals surface area (Å²) < 4.78 is 0. The zero-order valence-corrected chi connectivity index (χ0v) is 10.5. The molecule has 0 aromatic rings. The van der Waals surface area contributed by atoms with Crippen LogP contribution in [-0.4, -0.2) is 5.97 Å². The molecule has 94 valence electrons. The maximum absolute atomic E-state index is 10.1. The number of hydrogen-bond acceptors (Lipinski definition) is 2. The Hall–Kier alpha value is -0.790. The standard InChI is InChI=1S/C14H26O2/c1-2-3-4-5-6-7-8-9-10-11-12-13-14(15)16/h9-10H,2-8,11-13H2,1H3,(H,15,16)/p-1/b10-9-. The number of aliphatic carboxylic acids is 1. The summed E-state index contributed by atoms with van der Waals surface area (Å²) in [5.41, 5.74) is 0. The third-order valence-corrected chi connectivity index (χ3v) is 2.64. The minimum absolute atomic E-state index is 0.182. The van der Waals surface area contributed by atoms with Gasteiger partial charge in [-0.3, -0.25) is 0 Å². The van der Waals surface area contributed by atoms with E-state index in [0.29, 0.717) is 6.42 Å². The molecular formula is C14H25O2-. The van der Waals surface area contributed by atoms with Crippen molar-refractivity contribution in [3.8, 4) is 0 Å². The largest absolute Gasteiger partial charge is 0.550 e.